The standard InChI is InChI=1S/C19H23FN4O4/c1-27-16-13-17(25)24(15-5-3-14(20)4-6-15)22-18(16)19(26)21-7-2-8-23-9-11-28-12-10-23/h3-6,13H,2,7-12H2,1H3,(H,21,26). The molecule has 0 spiro atoms. The molecule has 0 unspecified atom stereocenters. The zero-order chi connectivity index (χ0) is 19.9. The number of carbonyl (C=O) groups is 1. The lowest BCUT2D eigenvalue weighted by molar-refractivity contribution is 0.0374. The lowest BCUT2D eigenvalue weighted by atomic mass is 10.3. The zero-order valence-electron chi connectivity index (χ0n) is 15.7. The molecule has 0 radical (unpaired) electrons. The number of halogens is 1. The van der Waals surface area contributed by atoms with E-state index in [4.69, 9.17) is 9.47 Å². The van der Waals surface area contributed by atoms with Gasteiger partial charge in [-0.3, -0.25) is 14.5 Å². The molecule has 2 aromatic rings. The lowest BCUT2D eigenvalue weighted by Crippen LogP contribution is -2.38. The van der Waals surface area contributed by atoms with E-state index in [2.05, 4.69) is 15.3 Å². The van der Waals surface area contributed by atoms with Gasteiger partial charge in [0.1, 0.15) is 5.82 Å². The summed E-state index contributed by atoms with van der Waals surface area (Å²) >= 11 is 0. The van der Waals surface area contributed by atoms with Crippen molar-refractivity contribution in [2.75, 3.05) is 46.5 Å². The number of amides is 1. The molecule has 1 aromatic heterocycles. The van der Waals surface area contributed by atoms with Crippen LogP contribution in [0.15, 0.2) is 35.1 Å². The number of ether oxygens (including phenoxy) is 2. The quantitative estimate of drug-likeness (QED) is 0.705. The molecule has 28 heavy (non-hydrogen) atoms. The summed E-state index contributed by atoms with van der Waals surface area (Å²) < 4.78 is 24.6. The summed E-state index contributed by atoms with van der Waals surface area (Å²) in [6, 6.07) is 6.47. The van der Waals surface area contributed by atoms with Crippen LogP contribution in [-0.4, -0.2) is 67.1 Å². The maximum atomic E-state index is 13.1. The molecule has 0 aliphatic carbocycles. The molecule has 1 N–H and O–H groups in total. The van der Waals surface area contributed by atoms with Crippen LogP contribution in [0, 0.1) is 5.82 Å². The molecule has 3 rings (SSSR count). The number of nitrogens with zero attached hydrogens (tertiary/aromatic N) is 3. The SMILES string of the molecule is COc1cc(=O)n(-c2ccc(F)cc2)nc1C(=O)NCCCN1CCOCC1. The fourth-order valence-electron chi connectivity index (χ4n) is 2.93. The Hall–Kier alpha value is -2.78. The Morgan fingerprint density at radius 3 is 2.68 bits per heavy atom. The van der Waals surface area contributed by atoms with Crippen LogP contribution in [0.1, 0.15) is 16.9 Å². The third kappa shape index (κ3) is 4.93. The van der Waals surface area contributed by atoms with Gasteiger partial charge in [0, 0.05) is 19.6 Å². The molecule has 0 atom stereocenters. The maximum absolute atomic E-state index is 13.1. The highest BCUT2D eigenvalue weighted by Crippen LogP contribution is 2.14. The van der Waals surface area contributed by atoms with E-state index >= 15 is 0 Å². The summed E-state index contributed by atoms with van der Waals surface area (Å²) in [6.45, 7) is 4.59. The van der Waals surface area contributed by atoms with Gasteiger partial charge in [-0.15, -0.1) is 0 Å². The molecular formula is C19H23FN4O4. The number of rotatable bonds is 7. The molecule has 1 aliphatic heterocycles. The number of benzene rings is 1. The molecule has 8 nitrogen and oxygen atoms in total. The Morgan fingerprint density at radius 2 is 2.00 bits per heavy atom. The topological polar surface area (TPSA) is 85.7 Å². The van der Waals surface area contributed by atoms with Crippen molar-refractivity contribution in [3.8, 4) is 11.4 Å². The maximum Gasteiger partial charge on any atom is 0.275 e. The first-order valence-electron chi connectivity index (χ1n) is 9.11. The molecule has 1 aromatic carbocycles. The number of hydrogen-bond donors (Lipinski definition) is 1. The second kappa shape index (κ2) is 9.43. The highest BCUT2D eigenvalue weighted by atomic mass is 19.1. The Kier molecular flexibility index (Phi) is 6.72. The smallest absolute Gasteiger partial charge is 0.275 e. The van der Waals surface area contributed by atoms with Crippen LogP contribution in [-0.2, 0) is 4.74 Å². The molecule has 1 aliphatic rings. The van der Waals surface area contributed by atoms with Gasteiger partial charge in [0.15, 0.2) is 11.4 Å². The first-order valence-corrected chi connectivity index (χ1v) is 9.11. The summed E-state index contributed by atoms with van der Waals surface area (Å²) in [7, 11) is 1.37. The summed E-state index contributed by atoms with van der Waals surface area (Å²) in [6.07, 6.45) is 0.783. The fraction of sp³-hybridized carbons (Fsp3) is 0.421. The Labute approximate surface area is 161 Å². The molecule has 150 valence electrons. The number of hydrogen-bond acceptors (Lipinski definition) is 6. The first-order chi connectivity index (χ1) is 13.6. The number of carbonyl (C=O) groups excluding carboxylic acids is 1. The van der Waals surface area contributed by atoms with E-state index in [1.165, 1.54) is 37.4 Å². The molecule has 1 saturated heterocycles. The average molecular weight is 390 g/mol. The number of methoxy groups -OCH3 is 1. The molecule has 2 heterocycles. The predicted molar refractivity (Wildman–Crippen MR) is 101 cm³/mol. The third-order valence-electron chi connectivity index (χ3n) is 4.44. The lowest BCUT2D eigenvalue weighted by Gasteiger charge is -2.26. The van der Waals surface area contributed by atoms with Crippen molar-refractivity contribution < 1.29 is 18.7 Å². The van der Waals surface area contributed by atoms with Crippen LogP contribution >= 0.6 is 0 Å². The Balaban J connectivity index is 1.68. The number of aromatic nitrogens is 2. The van der Waals surface area contributed by atoms with Crippen molar-refractivity contribution in [3.63, 3.8) is 0 Å². The fourth-order valence-corrected chi connectivity index (χ4v) is 2.93. The normalized spacial score (nSPS) is 14.6. The van der Waals surface area contributed by atoms with Crippen LogP contribution in [0.3, 0.4) is 0 Å². The van der Waals surface area contributed by atoms with E-state index in [0.717, 1.165) is 44.0 Å². The Bertz CT molecular complexity index is 863. The van der Waals surface area contributed by atoms with E-state index in [1.807, 2.05) is 0 Å². The number of morpholine rings is 1. The molecule has 0 bridgehead atoms. The van der Waals surface area contributed by atoms with Crippen LogP contribution in [0.4, 0.5) is 4.39 Å². The van der Waals surface area contributed by atoms with Crippen molar-refractivity contribution in [1.29, 1.82) is 0 Å². The second-order valence-electron chi connectivity index (χ2n) is 6.35. The van der Waals surface area contributed by atoms with E-state index in [-0.39, 0.29) is 11.4 Å². The summed E-state index contributed by atoms with van der Waals surface area (Å²) in [4.78, 5) is 27.1. The highest BCUT2D eigenvalue weighted by Gasteiger charge is 2.18. The molecule has 0 saturated carbocycles. The minimum Gasteiger partial charge on any atom is -0.494 e. The van der Waals surface area contributed by atoms with Crippen molar-refractivity contribution in [1.82, 2.24) is 20.0 Å². The van der Waals surface area contributed by atoms with Gasteiger partial charge in [-0.25, -0.2) is 4.39 Å². The average Bonchev–Trinajstić information content (AvgIpc) is 2.72. The van der Waals surface area contributed by atoms with Gasteiger partial charge in [-0.05, 0) is 37.2 Å². The first kappa shape index (κ1) is 20.0. The van der Waals surface area contributed by atoms with Gasteiger partial charge < -0.3 is 14.8 Å². The van der Waals surface area contributed by atoms with Gasteiger partial charge in [0.05, 0.1) is 32.1 Å². The summed E-state index contributed by atoms with van der Waals surface area (Å²) in [5.41, 5.74) is -0.124. The van der Waals surface area contributed by atoms with Crippen molar-refractivity contribution >= 4 is 5.91 Å². The van der Waals surface area contributed by atoms with Gasteiger partial charge in [-0.2, -0.15) is 9.78 Å². The molecule has 1 fully saturated rings. The van der Waals surface area contributed by atoms with Crippen molar-refractivity contribution in [3.05, 3.63) is 52.2 Å². The van der Waals surface area contributed by atoms with E-state index in [9.17, 15) is 14.0 Å². The summed E-state index contributed by atoms with van der Waals surface area (Å²) in [5, 5.41) is 6.94. The van der Waals surface area contributed by atoms with Gasteiger partial charge in [0.25, 0.3) is 11.5 Å². The predicted octanol–water partition coefficient (Wildman–Crippen LogP) is 0.832. The van der Waals surface area contributed by atoms with Crippen LogP contribution < -0.4 is 15.6 Å². The zero-order valence-corrected chi connectivity index (χ0v) is 15.7. The molecule has 1 amide bonds. The summed E-state index contributed by atoms with van der Waals surface area (Å²) in [5.74, 6) is -0.771. The van der Waals surface area contributed by atoms with Gasteiger partial charge in [0.2, 0.25) is 0 Å². The minimum absolute atomic E-state index is 0.00204. The van der Waals surface area contributed by atoms with Gasteiger partial charge in [-0.1, -0.05) is 0 Å². The molecular weight excluding hydrogens is 367 g/mol. The highest BCUT2D eigenvalue weighted by molar-refractivity contribution is 5.94. The monoisotopic (exact) mass is 390 g/mol. The van der Waals surface area contributed by atoms with Crippen LogP contribution in [0.5, 0.6) is 5.75 Å². The molecule has 9 heteroatoms. The van der Waals surface area contributed by atoms with Crippen LogP contribution in [0.25, 0.3) is 5.69 Å². The van der Waals surface area contributed by atoms with E-state index in [1.54, 1.807) is 0 Å². The largest absolute Gasteiger partial charge is 0.494 e. The van der Waals surface area contributed by atoms with E-state index in [0.29, 0.717) is 12.2 Å². The second-order valence-corrected chi connectivity index (χ2v) is 6.35. The third-order valence-corrected chi connectivity index (χ3v) is 4.44. The Morgan fingerprint density at radius 1 is 1.29 bits per heavy atom. The van der Waals surface area contributed by atoms with E-state index < -0.39 is 17.3 Å². The minimum atomic E-state index is -0.479. The van der Waals surface area contributed by atoms with Crippen molar-refractivity contribution in [2.24, 2.45) is 0 Å². The van der Waals surface area contributed by atoms with Crippen LogP contribution in [0.2, 0.25) is 0 Å². The number of nitrogens with one attached hydrogen (secondary N) is 1. The van der Waals surface area contributed by atoms with Crippen molar-refractivity contribution in [2.45, 2.75) is 6.42 Å². The van der Waals surface area contributed by atoms with Gasteiger partial charge >= 0.3 is 0 Å².